The summed E-state index contributed by atoms with van der Waals surface area (Å²) in [7, 11) is 3.07. The van der Waals surface area contributed by atoms with Crippen LogP contribution >= 0.6 is 0 Å². The van der Waals surface area contributed by atoms with E-state index in [9.17, 15) is 4.79 Å². The van der Waals surface area contributed by atoms with E-state index in [1.54, 1.807) is 30.3 Å². The minimum atomic E-state index is -0.313. The standard InChI is InChI=1S/C18H24N4O3/c1-12(2)7-8-19-16-5-6-17(22-21-16)20-18(23)13-9-14(24-3)11-15(10-13)25-4/h5-6,9-12H,7-8H2,1-4H3,(H,19,21)(H,20,22,23). The Morgan fingerprint density at radius 1 is 1.04 bits per heavy atom. The van der Waals surface area contributed by atoms with E-state index in [1.807, 2.05) is 0 Å². The molecule has 0 spiro atoms. The largest absolute Gasteiger partial charge is 0.497 e. The molecule has 2 N–H and O–H groups in total. The van der Waals surface area contributed by atoms with Gasteiger partial charge in [-0.15, -0.1) is 10.2 Å². The van der Waals surface area contributed by atoms with Crippen molar-refractivity contribution in [1.29, 1.82) is 0 Å². The zero-order chi connectivity index (χ0) is 18.2. The number of carbonyl (C=O) groups excluding carboxylic acids is 1. The number of nitrogens with one attached hydrogen (secondary N) is 2. The van der Waals surface area contributed by atoms with Gasteiger partial charge in [-0.1, -0.05) is 13.8 Å². The molecule has 0 saturated carbocycles. The number of nitrogens with zero attached hydrogens (tertiary/aromatic N) is 2. The van der Waals surface area contributed by atoms with Gasteiger partial charge < -0.3 is 20.1 Å². The molecule has 0 fully saturated rings. The van der Waals surface area contributed by atoms with Crippen LogP contribution in [0, 0.1) is 5.92 Å². The highest BCUT2D eigenvalue weighted by molar-refractivity contribution is 6.04. The Morgan fingerprint density at radius 3 is 2.16 bits per heavy atom. The Hall–Kier alpha value is -2.83. The predicted molar refractivity (Wildman–Crippen MR) is 97.5 cm³/mol. The normalized spacial score (nSPS) is 10.4. The lowest BCUT2D eigenvalue weighted by atomic mass is 10.1. The van der Waals surface area contributed by atoms with Gasteiger partial charge in [-0.25, -0.2) is 0 Å². The summed E-state index contributed by atoms with van der Waals surface area (Å²) >= 11 is 0. The van der Waals surface area contributed by atoms with Crippen molar-refractivity contribution in [3.63, 3.8) is 0 Å². The fraction of sp³-hybridized carbons (Fsp3) is 0.389. The Bertz CT molecular complexity index is 680. The molecule has 0 saturated heterocycles. The molecule has 1 amide bonds. The molecular weight excluding hydrogens is 320 g/mol. The lowest BCUT2D eigenvalue weighted by Crippen LogP contribution is -2.14. The zero-order valence-corrected chi connectivity index (χ0v) is 15.0. The first-order chi connectivity index (χ1) is 12.0. The maximum Gasteiger partial charge on any atom is 0.257 e. The average Bonchev–Trinajstić information content (AvgIpc) is 2.62. The lowest BCUT2D eigenvalue weighted by Gasteiger charge is -2.09. The van der Waals surface area contributed by atoms with Gasteiger partial charge in [0.1, 0.15) is 17.3 Å². The topological polar surface area (TPSA) is 85.4 Å². The number of benzene rings is 1. The first-order valence-electron chi connectivity index (χ1n) is 8.14. The molecule has 25 heavy (non-hydrogen) atoms. The van der Waals surface area contributed by atoms with E-state index in [0.29, 0.717) is 34.6 Å². The number of carbonyl (C=O) groups is 1. The maximum absolute atomic E-state index is 12.4. The Morgan fingerprint density at radius 2 is 1.64 bits per heavy atom. The number of methoxy groups -OCH3 is 2. The summed E-state index contributed by atoms with van der Waals surface area (Å²) in [6, 6.07) is 8.46. The van der Waals surface area contributed by atoms with Crippen molar-refractivity contribution < 1.29 is 14.3 Å². The van der Waals surface area contributed by atoms with Crippen molar-refractivity contribution in [3.8, 4) is 11.5 Å². The highest BCUT2D eigenvalue weighted by Gasteiger charge is 2.11. The molecule has 1 aromatic heterocycles. The summed E-state index contributed by atoms with van der Waals surface area (Å²) in [6.07, 6.45) is 1.05. The molecule has 2 rings (SSSR count). The van der Waals surface area contributed by atoms with Crippen molar-refractivity contribution in [1.82, 2.24) is 10.2 Å². The van der Waals surface area contributed by atoms with Crippen molar-refractivity contribution in [2.45, 2.75) is 20.3 Å². The second-order valence-electron chi connectivity index (χ2n) is 5.97. The van der Waals surface area contributed by atoms with Crippen LogP contribution in [0.25, 0.3) is 0 Å². The first kappa shape index (κ1) is 18.5. The third kappa shape index (κ3) is 5.63. The molecule has 0 aliphatic carbocycles. The van der Waals surface area contributed by atoms with Crippen molar-refractivity contribution in [3.05, 3.63) is 35.9 Å². The van der Waals surface area contributed by atoms with Gasteiger partial charge >= 0.3 is 0 Å². The van der Waals surface area contributed by atoms with Crippen molar-refractivity contribution in [2.75, 3.05) is 31.4 Å². The van der Waals surface area contributed by atoms with Crippen LogP contribution in [0.15, 0.2) is 30.3 Å². The van der Waals surface area contributed by atoms with Gasteiger partial charge in [0, 0.05) is 18.2 Å². The molecule has 2 aromatic rings. The smallest absolute Gasteiger partial charge is 0.257 e. The number of aromatic nitrogens is 2. The Kier molecular flexibility index (Phi) is 6.56. The average molecular weight is 344 g/mol. The summed E-state index contributed by atoms with van der Waals surface area (Å²) in [6.45, 7) is 5.17. The fourth-order valence-corrected chi connectivity index (χ4v) is 2.11. The monoisotopic (exact) mass is 344 g/mol. The summed E-state index contributed by atoms with van der Waals surface area (Å²) in [5.41, 5.74) is 0.414. The minimum Gasteiger partial charge on any atom is -0.497 e. The number of rotatable bonds is 8. The van der Waals surface area contributed by atoms with E-state index in [4.69, 9.17) is 9.47 Å². The minimum absolute atomic E-state index is 0.313. The number of anilines is 2. The molecular formula is C18H24N4O3. The van der Waals surface area contributed by atoms with E-state index in [1.165, 1.54) is 14.2 Å². The molecule has 1 heterocycles. The van der Waals surface area contributed by atoms with E-state index in [-0.39, 0.29) is 5.91 Å². The summed E-state index contributed by atoms with van der Waals surface area (Å²) in [5.74, 6) is 2.45. The molecule has 0 aliphatic rings. The van der Waals surface area contributed by atoms with Gasteiger partial charge in [0.15, 0.2) is 5.82 Å². The van der Waals surface area contributed by atoms with E-state index >= 15 is 0 Å². The van der Waals surface area contributed by atoms with Crippen LogP contribution in [0.3, 0.4) is 0 Å². The zero-order valence-electron chi connectivity index (χ0n) is 15.0. The Balaban J connectivity index is 2.00. The highest BCUT2D eigenvalue weighted by atomic mass is 16.5. The molecule has 0 radical (unpaired) electrons. The molecule has 1 aromatic carbocycles. The second kappa shape index (κ2) is 8.86. The van der Waals surface area contributed by atoms with Crippen molar-refractivity contribution >= 4 is 17.5 Å². The molecule has 7 nitrogen and oxygen atoms in total. The number of hydrogen-bond acceptors (Lipinski definition) is 6. The fourth-order valence-electron chi connectivity index (χ4n) is 2.11. The van der Waals surface area contributed by atoms with Crippen LogP contribution in [-0.4, -0.2) is 36.9 Å². The summed E-state index contributed by atoms with van der Waals surface area (Å²) < 4.78 is 10.3. The van der Waals surface area contributed by atoms with Crippen LogP contribution in [0.2, 0.25) is 0 Å². The molecule has 134 valence electrons. The van der Waals surface area contributed by atoms with Crippen LogP contribution in [0.4, 0.5) is 11.6 Å². The van der Waals surface area contributed by atoms with Crippen LogP contribution in [0.5, 0.6) is 11.5 Å². The van der Waals surface area contributed by atoms with Crippen LogP contribution in [0.1, 0.15) is 30.6 Å². The van der Waals surface area contributed by atoms with Gasteiger partial charge in [0.2, 0.25) is 0 Å². The quantitative estimate of drug-likeness (QED) is 0.765. The van der Waals surface area contributed by atoms with Crippen LogP contribution in [-0.2, 0) is 0 Å². The lowest BCUT2D eigenvalue weighted by molar-refractivity contribution is 0.102. The molecule has 0 atom stereocenters. The first-order valence-corrected chi connectivity index (χ1v) is 8.14. The molecule has 0 unspecified atom stereocenters. The predicted octanol–water partition coefficient (Wildman–Crippen LogP) is 3.20. The number of hydrogen-bond donors (Lipinski definition) is 2. The second-order valence-corrected chi connectivity index (χ2v) is 5.97. The third-order valence-corrected chi connectivity index (χ3v) is 3.55. The third-order valence-electron chi connectivity index (χ3n) is 3.55. The van der Waals surface area contributed by atoms with Gasteiger partial charge in [-0.3, -0.25) is 4.79 Å². The van der Waals surface area contributed by atoms with Gasteiger partial charge in [0.05, 0.1) is 14.2 Å². The van der Waals surface area contributed by atoms with E-state index in [0.717, 1.165) is 13.0 Å². The SMILES string of the molecule is COc1cc(OC)cc(C(=O)Nc2ccc(NCCC(C)C)nn2)c1. The van der Waals surface area contributed by atoms with E-state index in [2.05, 4.69) is 34.7 Å². The van der Waals surface area contributed by atoms with Gasteiger partial charge in [-0.05, 0) is 36.6 Å². The highest BCUT2D eigenvalue weighted by Crippen LogP contribution is 2.23. The molecule has 0 aliphatic heterocycles. The summed E-state index contributed by atoms with van der Waals surface area (Å²) in [4.78, 5) is 12.4. The van der Waals surface area contributed by atoms with E-state index < -0.39 is 0 Å². The number of ether oxygens (including phenoxy) is 2. The van der Waals surface area contributed by atoms with Gasteiger partial charge in [-0.2, -0.15) is 0 Å². The molecule has 0 bridgehead atoms. The maximum atomic E-state index is 12.4. The number of amides is 1. The summed E-state index contributed by atoms with van der Waals surface area (Å²) in [5, 5.41) is 14.0. The van der Waals surface area contributed by atoms with Crippen LogP contribution < -0.4 is 20.1 Å². The molecule has 7 heteroatoms. The van der Waals surface area contributed by atoms with Crippen molar-refractivity contribution in [2.24, 2.45) is 5.92 Å². The Labute approximate surface area is 147 Å². The van der Waals surface area contributed by atoms with Gasteiger partial charge in [0.25, 0.3) is 5.91 Å².